The van der Waals surface area contributed by atoms with Crippen molar-refractivity contribution in [2.24, 2.45) is 0 Å². The van der Waals surface area contributed by atoms with Gasteiger partial charge in [0.1, 0.15) is 9.71 Å². The van der Waals surface area contributed by atoms with E-state index in [0.29, 0.717) is 17.1 Å². The summed E-state index contributed by atoms with van der Waals surface area (Å²) < 4.78 is 0. The number of anilines is 2. The first-order chi connectivity index (χ1) is 15.7. The second-order valence-electron chi connectivity index (χ2n) is 7.35. The molecule has 5 aromatic rings. The van der Waals surface area contributed by atoms with Crippen LogP contribution in [-0.4, -0.2) is 15.9 Å². The minimum absolute atomic E-state index is 0.136. The van der Waals surface area contributed by atoms with Crippen molar-refractivity contribution in [2.45, 2.75) is 6.54 Å². The van der Waals surface area contributed by atoms with E-state index in [-0.39, 0.29) is 5.91 Å². The van der Waals surface area contributed by atoms with Crippen LogP contribution in [0.5, 0.6) is 0 Å². The number of hydrogen-bond donors (Lipinski definition) is 1. The summed E-state index contributed by atoms with van der Waals surface area (Å²) in [6.07, 6.45) is 3.50. The highest BCUT2D eigenvalue weighted by molar-refractivity contribution is 7.21. The average molecular weight is 437 g/mol. The van der Waals surface area contributed by atoms with Gasteiger partial charge in [-0.2, -0.15) is 0 Å². The van der Waals surface area contributed by atoms with Crippen LogP contribution in [0.15, 0.2) is 97.3 Å². The molecule has 3 heterocycles. The molecule has 0 bridgehead atoms. The van der Waals surface area contributed by atoms with Crippen molar-refractivity contribution in [1.82, 2.24) is 9.97 Å². The SMILES string of the molecule is Nc1c(C(=O)N(Cc2ccccc2)c2ccccc2)sc2nc(-c3cccnc3)ccc12. The van der Waals surface area contributed by atoms with Crippen LogP contribution in [0.1, 0.15) is 15.2 Å². The molecular weight excluding hydrogens is 416 g/mol. The molecule has 3 aromatic heterocycles. The second kappa shape index (κ2) is 8.61. The molecule has 156 valence electrons. The number of nitrogen functional groups attached to an aromatic ring is 1. The van der Waals surface area contributed by atoms with Crippen molar-refractivity contribution in [3.63, 3.8) is 0 Å². The molecule has 0 aliphatic rings. The molecule has 0 fully saturated rings. The second-order valence-corrected chi connectivity index (χ2v) is 8.35. The Hall–Kier alpha value is -4.03. The summed E-state index contributed by atoms with van der Waals surface area (Å²) in [6.45, 7) is 0.450. The largest absolute Gasteiger partial charge is 0.397 e. The van der Waals surface area contributed by atoms with Gasteiger partial charge in [-0.15, -0.1) is 11.3 Å². The fourth-order valence-electron chi connectivity index (χ4n) is 3.61. The normalized spacial score (nSPS) is 10.9. The molecule has 0 atom stereocenters. The first kappa shape index (κ1) is 19.9. The van der Waals surface area contributed by atoms with Crippen molar-refractivity contribution in [2.75, 3.05) is 10.6 Å². The van der Waals surface area contributed by atoms with Crippen LogP contribution in [0.4, 0.5) is 11.4 Å². The number of amides is 1. The van der Waals surface area contributed by atoms with Gasteiger partial charge < -0.3 is 10.6 Å². The van der Waals surface area contributed by atoms with E-state index in [1.807, 2.05) is 84.9 Å². The summed E-state index contributed by atoms with van der Waals surface area (Å²) in [5, 5.41) is 0.790. The van der Waals surface area contributed by atoms with E-state index < -0.39 is 0 Å². The number of nitrogens with zero attached hydrogens (tertiary/aromatic N) is 3. The minimum Gasteiger partial charge on any atom is -0.397 e. The van der Waals surface area contributed by atoms with E-state index in [9.17, 15) is 4.79 Å². The lowest BCUT2D eigenvalue weighted by Crippen LogP contribution is -2.30. The number of aromatic nitrogens is 2. The number of para-hydroxylation sites is 1. The lowest BCUT2D eigenvalue weighted by atomic mass is 10.1. The highest BCUT2D eigenvalue weighted by Crippen LogP contribution is 2.36. The van der Waals surface area contributed by atoms with Gasteiger partial charge in [0, 0.05) is 29.0 Å². The van der Waals surface area contributed by atoms with Crippen molar-refractivity contribution in [3.8, 4) is 11.3 Å². The van der Waals surface area contributed by atoms with E-state index in [2.05, 4.69) is 4.98 Å². The van der Waals surface area contributed by atoms with Gasteiger partial charge in [0.15, 0.2) is 0 Å². The Morgan fingerprint density at radius 1 is 0.906 bits per heavy atom. The predicted molar refractivity (Wildman–Crippen MR) is 131 cm³/mol. The zero-order valence-corrected chi connectivity index (χ0v) is 18.0. The smallest absolute Gasteiger partial charge is 0.270 e. The molecule has 0 spiro atoms. The third-order valence-electron chi connectivity index (χ3n) is 5.24. The molecule has 2 aromatic carbocycles. The van der Waals surface area contributed by atoms with Crippen molar-refractivity contribution >= 4 is 38.8 Å². The van der Waals surface area contributed by atoms with Crippen LogP contribution < -0.4 is 10.6 Å². The number of thiophene rings is 1. The summed E-state index contributed by atoms with van der Waals surface area (Å²) in [5.41, 5.74) is 10.5. The number of benzene rings is 2. The van der Waals surface area contributed by atoms with Gasteiger partial charge in [-0.1, -0.05) is 48.5 Å². The van der Waals surface area contributed by atoms with Crippen molar-refractivity contribution in [1.29, 1.82) is 0 Å². The summed E-state index contributed by atoms with van der Waals surface area (Å²) in [7, 11) is 0. The molecule has 32 heavy (non-hydrogen) atoms. The third-order valence-corrected chi connectivity index (χ3v) is 6.35. The number of carbonyl (C=O) groups is 1. The van der Waals surface area contributed by atoms with Crippen molar-refractivity contribution in [3.05, 3.63) is 108 Å². The highest BCUT2D eigenvalue weighted by atomic mass is 32.1. The van der Waals surface area contributed by atoms with Crippen LogP contribution in [0, 0.1) is 0 Å². The Balaban J connectivity index is 1.56. The molecule has 2 N–H and O–H groups in total. The van der Waals surface area contributed by atoms with Gasteiger partial charge in [-0.05, 0) is 42.0 Å². The minimum atomic E-state index is -0.136. The van der Waals surface area contributed by atoms with Crippen molar-refractivity contribution < 1.29 is 4.79 Å². The molecule has 5 nitrogen and oxygen atoms in total. The summed E-state index contributed by atoms with van der Waals surface area (Å²) in [6, 6.07) is 27.3. The van der Waals surface area contributed by atoms with Gasteiger partial charge in [-0.3, -0.25) is 9.78 Å². The first-order valence-corrected chi connectivity index (χ1v) is 11.0. The van der Waals surface area contributed by atoms with E-state index >= 15 is 0 Å². The van der Waals surface area contributed by atoms with Gasteiger partial charge in [0.25, 0.3) is 5.91 Å². The Kier molecular flexibility index (Phi) is 5.35. The maximum Gasteiger partial charge on any atom is 0.270 e. The molecule has 0 saturated carbocycles. The summed E-state index contributed by atoms with van der Waals surface area (Å²) in [5.74, 6) is -0.136. The maximum atomic E-state index is 13.7. The van der Waals surface area contributed by atoms with Crippen LogP contribution in [0.3, 0.4) is 0 Å². The molecule has 6 heteroatoms. The topological polar surface area (TPSA) is 72.1 Å². The third kappa shape index (κ3) is 3.84. The lowest BCUT2D eigenvalue weighted by Gasteiger charge is -2.22. The van der Waals surface area contributed by atoms with Crippen LogP contribution in [0.2, 0.25) is 0 Å². The zero-order chi connectivity index (χ0) is 21.9. The van der Waals surface area contributed by atoms with Gasteiger partial charge in [0.2, 0.25) is 0 Å². The Morgan fingerprint density at radius 2 is 1.66 bits per heavy atom. The Bertz CT molecular complexity index is 1370. The number of fused-ring (bicyclic) bond motifs is 1. The molecular formula is C26H20N4OS. The zero-order valence-electron chi connectivity index (χ0n) is 17.2. The number of carbonyl (C=O) groups excluding carboxylic acids is 1. The first-order valence-electron chi connectivity index (χ1n) is 10.2. The number of pyridine rings is 2. The summed E-state index contributed by atoms with van der Waals surface area (Å²) in [4.78, 5) is 25.6. The maximum absolute atomic E-state index is 13.7. The summed E-state index contributed by atoms with van der Waals surface area (Å²) >= 11 is 1.33. The van der Waals surface area contributed by atoms with Crippen LogP contribution in [-0.2, 0) is 6.54 Å². The molecule has 0 aliphatic heterocycles. The molecule has 0 saturated heterocycles. The van der Waals surface area contributed by atoms with E-state index in [4.69, 9.17) is 10.7 Å². The lowest BCUT2D eigenvalue weighted by molar-refractivity contribution is 0.0990. The Morgan fingerprint density at radius 3 is 2.38 bits per heavy atom. The van der Waals surface area contributed by atoms with Crippen LogP contribution in [0.25, 0.3) is 21.5 Å². The number of hydrogen-bond acceptors (Lipinski definition) is 5. The molecule has 0 radical (unpaired) electrons. The predicted octanol–water partition coefficient (Wildman–Crippen LogP) is 5.79. The monoisotopic (exact) mass is 436 g/mol. The van der Waals surface area contributed by atoms with Crippen LogP contribution >= 0.6 is 11.3 Å². The average Bonchev–Trinajstić information content (AvgIpc) is 3.19. The van der Waals surface area contributed by atoms with Gasteiger partial charge >= 0.3 is 0 Å². The molecule has 5 rings (SSSR count). The molecule has 0 aliphatic carbocycles. The Labute approximate surface area is 189 Å². The number of rotatable bonds is 5. The van der Waals surface area contributed by atoms with E-state index in [0.717, 1.165) is 32.7 Å². The fourth-order valence-corrected chi connectivity index (χ4v) is 4.65. The van der Waals surface area contributed by atoms with Gasteiger partial charge in [-0.25, -0.2) is 4.98 Å². The van der Waals surface area contributed by atoms with E-state index in [1.165, 1.54) is 11.3 Å². The quantitative estimate of drug-likeness (QED) is 0.379. The molecule has 0 unspecified atom stereocenters. The fraction of sp³-hybridized carbons (Fsp3) is 0.0385. The molecule has 1 amide bonds. The standard InChI is InChI=1S/C26H20N4OS/c27-23-21-13-14-22(19-10-7-15-28-16-19)29-25(21)32-24(23)26(31)30(20-11-5-2-6-12-20)17-18-8-3-1-4-9-18/h1-16H,17,27H2. The highest BCUT2D eigenvalue weighted by Gasteiger charge is 2.24. The van der Waals surface area contributed by atoms with Gasteiger partial charge in [0.05, 0.1) is 17.9 Å². The van der Waals surface area contributed by atoms with E-state index in [1.54, 1.807) is 17.3 Å². The number of nitrogens with two attached hydrogens (primary N) is 1.